The maximum atomic E-state index is 5.67. The van der Waals surface area contributed by atoms with Crippen LogP contribution < -0.4 is 9.47 Å². The van der Waals surface area contributed by atoms with Crippen molar-refractivity contribution in [3.8, 4) is 22.8 Å². The fraction of sp³-hybridized carbons (Fsp3) is 0.308. The molecule has 0 saturated heterocycles. The van der Waals surface area contributed by atoms with E-state index >= 15 is 0 Å². The summed E-state index contributed by atoms with van der Waals surface area (Å²) in [6.45, 7) is 3.30. The van der Waals surface area contributed by atoms with Gasteiger partial charge in [0.05, 0.1) is 5.69 Å². The number of hydrogen-bond donors (Lipinski definition) is 1. The van der Waals surface area contributed by atoms with Gasteiger partial charge in [-0.3, -0.25) is 5.10 Å². The standard InChI is InChI=1S/C13H14N2O2/c1-2-9-8-11(15-14-9)10-4-3-5-12-13(10)17-7-6-16-12/h3-5,8H,2,6-7H2,1H3,(H,14,15). The first kappa shape index (κ1) is 10.2. The Morgan fingerprint density at radius 1 is 1.29 bits per heavy atom. The molecule has 0 atom stereocenters. The molecule has 0 fully saturated rings. The van der Waals surface area contributed by atoms with Crippen molar-refractivity contribution in [3.63, 3.8) is 0 Å². The molecule has 0 saturated carbocycles. The number of para-hydroxylation sites is 1. The van der Waals surface area contributed by atoms with Gasteiger partial charge >= 0.3 is 0 Å². The van der Waals surface area contributed by atoms with E-state index in [1.807, 2.05) is 24.3 Å². The largest absolute Gasteiger partial charge is 0.486 e. The van der Waals surface area contributed by atoms with Gasteiger partial charge in [0.2, 0.25) is 0 Å². The zero-order valence-corrected chi connectivity index (χ0v) is 9.69. The van der Waals surface area contributed by atoms with Crippen LogP contribution in [0.15, 0.2) is 24.3 Å². The first-order valence-corrected chi connectivity index (χ1v) is 5.81. The molecule has 0 radical (unpaired) electrons. The van der Waals surface area contributed by atoms with E-state index in [0.717, 1.165) is 34.9 Å². The number of aromatic amines is 1. The summed E-state index contributed by atoms with van der Waals surface area (Å²) in [6, 6.07) is 7.94. The van der Waals surface area contributed by atoms with Crippen LogP contribution in [-0.2, 0) is 6.42 Å². The second-order valence-corrected chi connectivity index (χ2v) is 3.96. The molecule has 4 nitrogen and oxygen atoms in total. The van der Waals surface area contributed by atoms with Crippen LogP contribution in [0.5, 0.6) is 11.5 Å². The molecular weight excluding hydrogens is 216 g/mol. The zero-order valence-electron chi connectivity index (χ0n) is 9.69. The highest BCUT2D eigenvalue weighted by molar-refractivity contribution is 5.71. The van der Waals surface area contributed by atoms with Crippen molar-refractivity contribution >= 4 is 0 Å². The Kier molecular flexibility index (Phi) is 2.48. The quantitative estimate of drug-likeness (QED) is 0.861. The summed E-state index contributed by atoms with van der Waals surface area (Å²) in [7, 11) is 0. The highest BCUT2D eigenvalue weighted by atomic mass is 16.6. The number of aryl methyl sites for hydroxylation is 1. The Morgan fingerprint density at radius 3 is 3.00 bits per heavy atom. The summed E-state index contributed by atoms with van der Waals surface area (Å²) in [5.41, 5.74) is 3.01. The molecule has 2 aromatic rings. The van der Waals surface area contributed by atoms with E-state index < -0.39 is 0 Å². The Morgan fingerprint density at radius 2 is 2.18 bits per heavy atom. The average molecular weight is 230 g/mol. The number of nitrogens with one attached hydrogen (secondary N) is 1. The van der Waals surface area contributed by atoms with Crippen molar-refractivity contribution in [3.05, 3.63) is 30.0 Å². The molecule has 0 amide bonds. The number of hydrogen-bond acceptors (Lipinski definition) is 3. The van der Waals surface area contributed by atoms with Crippen LogP contribution in [0.25, 0.3) is 11.3 Å². The van der Waals surface area contributed by atoms with Gasteiger partial charge in [0.25, 0.3) is 0 Å². The van der Waals surface area contributed by atoms with Gasteiger partial charge in [0, 0.05) is 11.3 Å². The van der Waals surface area contributed by atoms with Gasteiger partial charge in [-0.25, -0.2) is 0 Å². The van der Waals surface area contributed by atoms with Crippen molar-refractivity contribution < 1.29 is 9.47 Å². The summed E-state index contributed by atoms with van der Waals surface area (Å²) >= 11 is 0. The summed E-state index contributed by atoms with van der Waals surface area (Å²) in [6.07, 6.45) is 0.944. The van der Waals surface area contributed by atoms with E-state index in [0.29, 0.717) is 13.2 Å². The van der Waals surface area contributed by atoms with Crippen LogP contribution in [0, 0.1) is 0 Å². The molecule has 0 spiro atoms. The van der Waals surface area contributed by atoms with E-state index in [-0.39, 0.29) is 0 Å². The maximum Gasteiger partial charge on any atom is 0.170 e. The zero-order chi connectivity index (χ0) is 11.7. The van der Waals surface area contributed by atoms with E-state index in [9.17, 15) is 0 Å². The van der Waals surface area contributed by atoms with E-state index in [2.05, 4.69) is 17.1 Å². The monoisotopic (exact) mass is 230 g/mol. The van der Waals surface area contributed by atoms with Crippen molar-refractivity contribution in [1.29, 1.82) is 0 Å². The third-order valence-corrected chi connectivity index (χ3v) is 2.85. The molecule has 1 aliphatic heterocycles. The molecule has 2 heterocycles. The average Bonchev–Trinajstić information content (AvgIpc) is 2.87. The molecule has 1 N–H and O–H groups in total. The van der Waals surface area contributed by atoms with Crippen LogP contribution in [0.3, 0.4) is 0 Å². The van der Waals surface area contributed by atoms with E-state index in [1.165, 1.54) is 0 Å². The van der Waals surface area contributed by atoms with Gasteiger partial charge in [0.15, 0.2) is 11.5 Å². The van der Waals surface area contributed by atoms with Crippen molar-refractivity contribution in [2.45, 2.75) is 13.3 Å². The molecular formula is C13H14N2O2. The summed E-state index contributed by atoms with van der Waals surface area (Å²) in [5.74, 6) is 1.60. The van der Waals surface area contributed by atoms with Crippen LogP contribution in [0.4, 0.5) is 0 Å². The van der Waals surface area contributed by atoms with E-state index in [1.54, 1.807) is 0 Å². The third-order valence-electron chi connectivity index (χ3n) is 2.85. The number of aromatic nitrogens is 2. The molecule has 88 valence electrons. The summed E-state index contributed by atoms with van der Waals surface area (Å²) < 4.78 is 11.2. The third kappa shape index (κ3) is 1.75. The molecule has 1 aromatic heterocycles. The van der Waals surface area contributed by atoms with Crippen LogP contribution in [0.1, 0.15) is 12.6 Å². The second-order valence-electron chi connectivity index (χ2n) is 3.96. The molecule has 0 aliphatic carbocycles. The van der Waals surface area contributed by atoms with Crippen LogP contribution >= 0.6 is 0 Å². The smallest absolute Gasteiger partial charge is 0.170 e. The van der Waals surface area contributed by atoms with Gasteiger partial charge in [-0.05, 0) is 24.6 Å². The molecule has 1 aromatic carbocycles. The number of H-pyrrole nitrogens is 1. The number of rotatable bonds is 2. The fourth-order valence-electron chi connectivity index (χ4n) is 1.96. The maximum absolute atomic E-state index is 5.67. The van der Waals surface area contributed by atoms with Crippen molar-refractivity contribution in [2.24, 2.45) is 0 Å². The van der Waals surface area contributed by atoms with E-state index in [4.69, 9.17) is 9.47 Å². The lowest BCUT2D eigenvalue weighted by atomic mass is 10.1. The van der Waals surface area contributed by atoms with Gasteiger partial charge in [0.1, 0.15) is 13.2 Å². The second kappa shape index (κ2) is 4.13. The molecule has 17 heavy (non-hydrogen) atoms. The Bertz CT molecular complexity index is 534. The first-order chi connectivity index (χ1) is 8.38. The van der Waals surface area contributed by atoms with Crippen molar-refractivity contribution in [1.82, 2.24) is 10.2 Å². The number of ether oxygens (including phenoxy) is 2. The Hall–Kier alpha value is -1.97. The Balaban J connectivity index is 2.07. The molecule has 4 heteroatoms. The number of fused-ring (bicyclic) bond motifs is 1. The first-order valence-electron chi connectivity index (χ1n) is 5.81. The highest BCUT2D eigenvalue weighted by Crippen LogP contribution is 2.39. The SMILES string of the molecule is CCc1cc(-c2cccc3c2OCCO3)n[nH]1. The lowest BCUT2D eigenvalue weighted by Gasteiger charge is -2.20. The lowest BCUT2D eigenvalue weighted by molar-refractivity contribution is 0.172. The predicted octanol–water partition coefficient (Wildman–Crippen LogP) is 2.41. The fourth-order valence-corrected chi connectivity index (χ4v) is 1.96. The minimum atomic E-state index is 0.592. The molecule has 3 rings (SSSR count). The van der Waals surface area contributed by atoms with Gasteiger partial charge in [-0.2, -0.15) is 5.10 Å². The molecule has 0 bridgehead atoms. The predicted molar refractivity (Wildman–Crippen MR) is 64.4 cm³/mol. The van der Waals surface area contributed by atoms with Gasteiger partial charge in [-0.15, -0.1) is 0 Å². The highest BCUT2D eigenvalue weighted by Gasteiger charge is 2.18. The van der Waals surface area contributed by atoms with Gasteiger partial charge < -0.3 is 9.47 Å². The topological polar surface area (TPSA) is 47.1 Å². The Labute approximate surface area is 99.6 Å². The normalized spacial score (nSPS) is 13.7. The van der Waals surface area contributed by atoms with Crippen LogP contribution in [-0.4, -0.2) is 23.4 Å². The van der Waals surface area contributed by atoms with Gasteiger partial charge in [-0.1, -0.05) is 13.0 Å². The molecule has 0 unspecified atom stereocenters. The summed E-state index contributed by atoms with van der Waals surface area (Å²) in [4.78, 5) is 0. The minimum Gasteiger partial charge on any atom is -0.486 e. The summed E-state index contributed by atoms with van der Waals surface area (Å²) in [5, 5.41) is 7.32. The minimum absolute atomic E-state index is 0.592. The number of nitrogens with zero attached hydrogens (tertiary/aromatic N) is 1. The van der Waals surface area contributed by atoms with Crippen LogP contribution in [0.2, 0.25) is 0 Å². The lowest BCUT2D eigenvalue weighted by Crippen LogP contribution is -2.15. The van der Waals surface area contributed by atoms with Crippen molar-refractivity contribution in [2.75, 3.05) is 13.2 Å². The molecule has 1 aliphatic rings. The number of benzene rings is 1.